The molecule has 0 radical (unpaired) electrons. The van der Waals surface area contributed by atoms with Gasteiger partial charge in [0, 0.05) is 5.92 Å². The predicted octanol–water partition coefficient (Wildman–Crippen LogP) is 4.87. The van der Waals surface area contributed by atoms with Crippen molar-refractivity contribution in [2.75, 3.05) is 11.3 Å². The number of oxazole rings is 1. The Balaban J connectivity index is 1.56. The van der Waals surface area contributed by atoms with Gasteiger partial charge in [0.05, 0.1) is 23.4 Å². The van der Waals surface area contributed by atoms with Crippen LogP contribution in [0.2, 0.25) is 0 Å². The maximum absolute atomic E-state index is 12.8. The van der Waals surface area contributed by atoms with E-state index >= 15 is 0 Å². The van der Waals surface area contributed by atoms with Crippen LogP contribution in [0.4, 0.5) is 5.69 Å². The molecule has 1 fully saturated rings. The van der Waals surface area contributed by atoms with Crippen molar-refractivity contribution in [1.82, 2.24) is 4.98 Å². The smallest absolute Gasteiger partial charge is 0.271 e. The highest BCUT2D eigenvalue weighted by Crippen LogP contribution is 2.39. The number of hydrogen-bond acceptors (Lipinski definition) is 6. The van der Waals surface area contributed by atoms with Gasteiger partial charge in [-0.15, -0.1) is 11.3 Å². The van der Waals surface area contributed by atoms with Crippen LogP contribution in [0.5, 0.6) is 5.75 Å². The van der Waals surface area contributed by atoms with Gasteiger partial charge >= 0.3 is 0 Å². The minimum Gasteiger partial charge on any atom is -0.492 e. The molecule has 0 atom stereocenters. The lowest BCUT2D eigenvalue weighted by Crippen LogP contribution is -2.12. The van der Waals surface area contributed by atoms with E-state index in [0.717, 1.165) is 34.9 Å². The predicted molar refractivity (Wildman–Crippen MR) is 105 cm³/mol. The van der Waals surface area contributed by atoms with E-state index in [2.05, 4.69) is 9.71 Å². The molecular weight excluding hydrogens is 384 g/mol. The Bertz CT molecular complexity index is 1040. The molecule has 2 aromatic heterocycles. The number of nitrogens with zero attached hydrogens (tertiary/aromatic N) is 1. The first kappa shape index (κ1) is 18.1. The van der Waals surface area contributed by atoms with Gasteiger partial charge in [-0.1, -0.05) is 18.6 Å². The molecule has 0 spiro atoms. The van der Waals surface area contributed by atoms with Crippen LogP contribution in [0.25, 0.3) is 10.6 Å². The molecule has 3 aromatic rings. The van der Waals surface area contributed by atoms with Crippen LogP contribution in [0.1, 0.15) is 38.0 Å². The summed E-state index contributed by atoms with van der Waals surface area (Å²) in [5.41, 5.74) is 0.418. The molecule has 1 aromatic carbocycles. The Labute approximate surface area is 162 Å². The second-order valence-electron chi connectivity index (χ2n) is 6.34. The third kappa shape index (κ3) is 3.72. The third-order valence-corrected chi connectivity index (χ3v) is 7.46. The van der Waals surface area contributed by atoms with E-state index in [4.69, 9.17) is 9.15 Å². The normalized spacial score (nSPS) is 14.7. The molecule has 4 rings (SSSR count). The lowest BCUT2D eigenvalue weighted by Gasteiger charge is -2.21. The summed E-state index contributed by atoms with van der Waals surface area (Å²) >= 11 is 1.16. The number of thiophene rings is 1. The Morgan fingerprint density at radius 1 is 1.26 bits per heavy atom. The number of benzene rings is 1. The minimum atomic E-state index is -3.72. The number of anilines is 1. The molecule has 0 bridgehead atoms. The monoisotopic (exact) mass is 404 g/mol. The summed E-state index contributed by atoms with van der Waals surface area (Å²) in [6, 6.07) is 10.3. The number of nitrogens with one attached hydrogen (secondary N) is 1. The highest BCUT2D eigenvalue weighted by atomic mass is 32.2. The molecule has 0 amide bonds. The summed E-state index contributed by atoms with van der Waals surface area (Å²) in [4.78, 5) is 5.09. The quantitative estimate of drug-likeness (QED) is 0.607. The fourth-order valence-electron chi connectivity index (χ4n) is 2.87. The molecule has 1 aliphatic carbocycles. The highest BCUT2D eigenvalue weighted by molar-refractivity contribution is 7.94. The lowest BCUT2D eigenvalue weighted by atomic mass is 9.85. The van der Waals surface area contributed by atoms with E-state index in [1.807, 2.05) is 6.92 Å². The van der Waals surface area contributed by atoms with Gasteiger partial charge in [-0.3, -0.25) is 4.72 Å². The number of aromatic nitrogens is 1. The number of sulfonamides is 1. The molecule has 1 saturated carbocycles. The van der Waals surface area contributed by atoms with E-state index in [9.17, 15) is 8.42 Å². The Kier molecular flexibility index (Phi) is 4.92. The van der Waals surface area contributed by atoms with Crippen LogP contribution >= 0.6 is 11.3 Å². The molecular formula is C19H20N2O4S2. The van der Waals surface area contributed by atoms with Crippen molar-refractivity contribution < 1.29 is 17.6 Å². The second kappa shape index (κ2) is 7.36. The Hall–Kier alpha value is -2.32. The van der Waals surface area contributed by atoms with Crippen LogP contribution in [0, 0.1) is 0 Å². The molecule has 1 N–H and O–H groups in total. The lowest BCUT2D eigenvalue weighted by molar-refractivity contribution is 0.338. The average molecular weight is 405 g/mol. The number of para-hydroxylation sites is 2. The van der Waals surface area contributed by atoms with Crippen molar-refractivity contribution in [2.24, 2.45) is 0 Å². The van der Waals surface area contributed by atoms with Crippen molar-refractivity contribution in [3.63, 3.8) is 0 Å². The summed E-state index contributed by atoms with van der Waals surface area (Å²) in [5.74, 6) is 2.26. The zero-order valence-electron chi connectivity index (χ0n) is 14.8. The molecule has 1 aliphatic rings. The Morgan fingerprint density at radius 3 is 2.81 bits per heavy atom. The van der Waals surface area contributed by atoms with E-state index in [1.54, 1.807) is 42.6 Å². The van der Waals surface area contributed by atoms with Gasteiger partial charge in [0.1, 0.15) is 9.96 Å². The van der Waals surface area contributed by atoms with Gasteiger partial charge in [-0.05, 0) is 44.0 Å². The molecule has 0 unspecified atom stereocenters. The van der Waals surface area contributed by atoms with E-state index in [1.165, 1.54) is 6.42 Å². The van der Waals surface area contributed by atoms with Crippen molar-refractivity contribution >= 4 is 27.0 Å². The van der Waals surface area contributed by atoms with Crippen LogP contribution in [0.15, 0.2) is 51.2 Å². The van der Waals surface area contributed by atoms with Crippen molar-refractivity contribution in [2.45, 2.75) is 36.3 Å². The summed E-state index contributed by atoms with van der Waals surface area (Å²) in [7, 11) is -3.72. The molecule has 142 valence electrons. The summed E-state index contributed by atoms with van der Waals surface area (Å²) in [5, 5.41) is 0. The second-order valence-corrected chi connectivity index (χ2v) is 9.34. The summed E-state index contributed by atoms with van der Waals surface area (Å²) in [6.07, 6.45) is 5.09. The third-order valence-electron chi connectivity index (χ3n) is 4.50. The van der Waals surface area contributed by atoms with E-state index in [-0.39, 0.29) is 4.21 Å². The van der Waals surface area contributed by atoms with Crippen molar-refractivity contribution in [3.05, 3.63) is 48.5 Å². The fourth-order valence-corrected chi connectivity index (χ4v) is 5.19. The molecule has 27 heavy (non-hydrogen) atoms. The number of ether oxygens (including phenoxy) is 1. The number of rotatable bonds is 7. The highest BCUT2D eigenvalue weighted by Gasteiger charge is 2.25. The van der Waals surface area contributed by atoms with Gasteiger partial charge in [-0.25, -0.2) is 13.4 Å². The van der Waals surface area contributed by atoms with Crippen LogP contribution in [-0.4, -0.2) is 20.0 Å². The van der Waals surface area contributed by atoms with Crippen LogP contribution in [0.3, 0.4) is 0 Å². The van der Waals surface area contributed by atoms with Crippen molar-refractivity contribution in [3.8, 4) is 16.4 Å². The first-order valence-corrected chi connectivity index (χ1v) is 11.2. The molecule has 0 aliphatic heterocycles. The molecule has 0 saturated heterocycles. The maximum Gasteiger partial charge on any atom is 0.271 e. The standard InChI is InChI=1S/C19H20N2O4S2/c1-2-24-15-9-4-3-8-14(15)21-27(22,23)18-11-10-17(26-18)16-12-20-19(25-16)13-6-5-7-13/h3-4,8-13,21H,2,5-7H2,1H3. The van der Waals surface area contributed by atoms with E-state index < -0.39 is 10.0 Å². The first-order valence-electron chi connectivity index (χ1n) is 8.87. The topological polar surface area (TPSA) is 81.4 Å². The summed E-state index contributed by atoms with van der Waals surface area (Å²) in [6.45, 7) is 2.31. The maximum atomic E-state index is 12.8. The molecule has 2 heterocycles. The molecule has 8 heteroatoms. The minimum absolute atomic E-state index is 0.213. The Morgan fingerprint density at radius 2 is 2.07 bits per heavy atom. The van der Waals surface area contributed by atoms with Crippen molar-refractivity contribution in [1.29, 1.82) is 0 Å². The molecule has 6 nitrogen and oxygen atoms in total. The van der Waals surface area contributed by atoms with Crippen LogP contribution in [-0.2, 0) is 10.0 Å². The average Bonchev–Trinajstić information content (AvgIpc) is 3.24. The summed E-state index contributed by atoms with van der Waals surface area (Å²) < 4.78 is 39.7. The van der Waals surface area contributed by atoms with Gasteiger partial charge in [0.25, 0.3) is 10.0 Å². The first-order chi connectivity index (χ1) is 13.1. The zero-order chi connectivity index (χ0) is 18.9. The van der Waals surface area contributed by atoms with Crippen LogP contribution < -0.4 is 9.46 Å². The largest absolute Gasteiger partial charge is 0.492 e. The fraction of sp³-hybridized carbons (Fsp3) is 0.316. The SMILES string of the molecule is CCOc1ccccc1NS(=O)(=O)c1ccc(-c2cnc(C3CCC3)o2)s1. The van der Waals surface area contributed by atoms with Gasteiger partial charge in [0.2, 0.25) is 0 Å². The van der Waals surface area contributed by atoms with Gasteiger partial charge < -0.3 is 9.15 Å². The number of hydrogen-bond donors (Lipinski definition) is 1. The van der Waals surface area contributed by atoms with E-state index in [0.29, 0.717) is 29.7 Å². The zero-order valence-corrected chi connectivity index (χ0v) is 16.5. The van der Waals surface area contributed by atoms with Gasteiger partial charge in [-0.2, -0.15) is 0 Å². The van der Waals surface area contributed by atoms with Gasteiger partial charge in [0.15, 0.2) is 11.7 Å².